The lowest BCUT2D eigenvalue weighted by molar-refractivity contribution is -0.137. The van der Waals surface area contributed by atoms with Gasteiger partial charge in [-0.25, -0.2) is 17.4 Å². The fraction of sp³-hybridized carbons (Fsp3) is 0.300. The Morgan fingerprint density at radius 3 is 2.50 bits per heavy atom. The molecule has 0 aliphatic heterocycles. The van der Waals surface area contributed by atoms with E-state index >= 15 is 0 Å². The van der Waals surface area contributed by atoms with Crippen molar-refractivity contribution in [2.24, 2.45) is 0 Å². The Bertz CT molecular complexity index is 616. The van der Waals surface area contributed by atoms with Crippen LogP contribution in [0.25, 0.3) is 0 Å². The van der Waals surface area contributed by atoms with Crippen molar-refractivity contribution in [3.05, 3.63) is 24.3 Å². The van der Waals surface area contributed by atoms with E-state index in [1.165, 1.54) is 31.3 Å². The minimum absolute atomic E-state index is 0.145. The van der Waals surface area contributed by atoms with Gasteiger partial charge in [-0.3, -0.25) is 9.87 Å². The van der Waals surface area contributed by atoms with Gasteiger partial charge in [-0.15, -0.1) is 0 Å². The summed E-state index contributed by atoms with van der Waals surface area (Å²) in [4.78, 5) is 11.6. The summed E-state index contributed by atoms with van der Waals surface area (Å²) in [5, 5.41) is 2.42. The number of sulfone groups is 1. The molecule has 0 aliphatic carbocycles. The highest BCUT2D eigenvalue weighted by Crippen LogP contribution is 2.23. The summed E-state index contributed by atoms with van der Waals surface area (Å²) in [6.45, 7) is 0. The van der Waals surface area contributed by atoms with E-state index in [-0.39, 0.29) is 10.6 Å². The van der Waals surface area contributed by atoms with Gasteiger partial charge in [0.15, 0.2) is 16.0 Å². The lowest BCUT2D eigenvalue weighted by Gasteiger charge is -2.15. The molecular weight excluding hydrogens is 308 g/mol. The molecule has 3 N–H and O–H groups in total. The number of hydrogen-bond acceptors (Lipinski definition) is 6. The lowest BCUT2D eigenvalue weighted by Crippen LogP contribution is -2.49. The Hall–Kier alpha value is -1.33. The average molecular weight is 322 g/mol. The van der Waals surface area contributed by atoms with E-state index in [1.807, 2.05) is 4.72 Å². The second-order valence-corrected chi connectivity index (χ2v) is 6.45. The molecule has 8 nitrogen and oxygen atoms in total. The molecule has 0 amide bonds. The Balaban J connectivity index is 2.99. The molecule has 0 heterocycles. The van der Waals surface area contributed by atoms with Crippen molar-refractivity contribution in [3.8, 4) is 5.75 Å². The molecule has 0 fully saturated rings. The molecule has 1 aromatic carbocycles. The smallest absolute Gasteiger partial charge is 0.344 e. The molecule has 112 valence electrons. The zero-order valence-corrected chi connectivity index (χ0v) is 12.3. The Morgan fingerprint density at radius 2 is 2.00 bits per heavy atom. The molecule has 1 aromatic rings. The minimum atomic E-state index is -3.56. The second-order valence-electron chi connectivity index (χ2n) is 3.73. The van der Waals surface area contributed by atoms with Crippen LogP contribution < -0.4 is 14.8 Å². The quantitative estimate of drug-likeness (QED) is 0.273. The predicted octanol–water partition coefficient (Wildman–Crippen LogP) is -0.733. The molecule has 0 aliphatic rings. The van der Waals surface area contributed by atoms with Crippen LogP contribution in [0, 0.1) is 0 Å². The van der Waals surface area contributed by atoms with Crippen molar-refractivity contribution in [3.63, 3.8) is 0 Å². The first-order valence-electron chi connectivity index (χ1n) is 5.30. The van der Waals surface area contributed by atoms with Crippen LogP contribution in [-0.4, -0.2) is 42.6 Å². The van der Waals surface area contributed by atoms with Gasteiger partial charge >= 0.3 is 5.97 Å². The third kappa shape index (κ3) is 4.65. The van der Waals surface area contributed by atoms with Crippen molar-refractivity contribution in [1.29, 1.82) is 0 Å². The van der Waals surface area contributed by atoms with Crippen molar-refractivity contribution in [1.82, 2.24) is 10.0 Å². The number of nitrogens with one attached hydrogen (secondary N) is 2. The van der Waals surface area contributed by atoms with Gasteiger partial charge in [-0.2, -0.15) is 4.72 Å². The van der Waals surface area contributed by atoms with Gasteiger partial charge in [0.25, 0.3) is 0 Å². The number of hydrogen-bond donors (Lipinski definition) is 3. The maximum absolute atomic E-state index is 11.8. The molecule has 0 saturated heterocycles. The highest BCUT2D eigenvalue weighted by atomic mass is 32.2. The van der Waals surface area contributed by atoms with Crippen LogP contribution in [0.5, 0.6) is 5.75 Å². The summed E-state index contributed by atoms with van der Waals surface area (Å²) in [5.41, 5.74) is 0. The third-order valence-electron chi connectivity index (χ3n) is 2.20. The second kappa shape index (κ2) is 6.90. The molecule has 2 unspecified atom stereocenters. The van der Waals surface area contributed by atoms with Gasteiger partial charge in [-0.1, -0.05) is 12.1 Å². The molecule has 0 saturated carbocycles. The number of likely N-dealkylation sites (N-methyl/N-ethyl adjacent to an activating group) is 1. The Kier molecular flexibility index (Phi) is 5.77. The summed E-state index contributed by atoms with van der Waals surface area (Å²) in [5.74, 6) is -1.09. The van der Waals surface area contributed by atoms with Crippen LogP contribution >= 0.6 is 0 Å². The number of esters is 1. The Labute approximate surface area is 118 Å². The highest BCUT2D eigenvalue weighted by Gasteiger charge is 2.23. The van der Waals surface area contributed by atoms with E-state index in [1.54, 1.807) is 0 Å². The van der Waals surface area contributed by atoms with Crippen LogP contribution in [0.15, 0.2) is 29.2 Å². The number of benzene rings is 1. The van der Waals surface area contributed by atoms with E-state index in [0.29, 0.717) is 0 Å². The first kappa shape index (κ1) is 16.7. The number of ether oxygens (including phenoxy) is 1. The zero-order valence-electron chi connectivity index (χ0n) is 10.7. The molecule has 10 heteroatoms. The van der Waals surface area contributed by atoms with Crippen LogP contribution in [-0.2, 0) is 25.9 Å². The van der Waals surface area contributed by atoms with Crippen molar-refractivity contribution < 1.29 is 26.7 Å². The summed E-state index contributed by atoms with van der Waals surface area (Å²) < 4.78 is 49.3. The molecule has 20 heavy (non-hydrogen) atoms. The summed E-state index contributed by atoms with van der Waals surface area (Å²) in [6.07, 6.45) is -0.274. The number of carbonyl (C=O) groups excluding carboxylic acids is 1. The molecule has 0 spiro atoms. The SMILES string of the molecule is CNC(NS(=O)O)C(=O)Oc1ccccc1S(C)(=O)=O. The molecule has 2 atom stereocenters. The van der Waals surface area contributed by atoms with Gasteiger partial charge in [0, 0.05) is 6.26 Å². The molecule has 0 radical (unpaired) electrons. The average Bonchev–Trinajstić information content (AvgIpc) is 2.34. The maximum atomic E-state index is 11.8. The maximum Gasteiger partial charge on any atom is 0.344 e. The summed E-state index contributed by atoms with van der Waals surface area (Å²) in [6, 6.07) is 5.61. The van der Waals surface area contributed by atoms with E-state index in [0.717, 1.165) is 6.26 Å². The number of rotatable bonds is 6. The minimum Gasteiger partial charge on any atom is -0.423 e. The first-order chi connectivity index (χ1) is 9.25. The van der Waals surface area contributed by atoms with Gasteiger partial charge in [0.2, 0.25) is 11.3 Å². The third-order valence-corrected chi connectivity index (χ3v) is 3.78. The fourth-order valence-electron chi connectivity index (χ4n) is 1.33. The van der Waals surface area contributed by atoms with E-state index in [4.69, 9.17) is 9.29 Å². The van der Waals surface area contributed by atoms with Gasteiger partial charge in [0.05, 0.1) is 0 Å². The fourth-order valence-corrected chi connectivity index (χ4v) is 2.55. The van der Waals surface area contributed by atoms with Crippen LogP contribution in [0.1, 0.15) is 0 Å². The lowest BCUT2D eigenvalue weighted by atomic mass is 10.3. The highest BCUT2D eigenvalue weighted by molar-refractivity contribution is 7.90. The molecule has 0 aromatic heterocycles. The van der Waals surface area contributed by atoms with Gasteiger partial charge in [-0.05, 0) is 19.2 Å². The van der Waals surface area contributed by atoms with E-state index < -0.39 is 33.2 Å². The largest absolute Gasteiger partial charge is 0.423 e. The molecule has 0 bridgehead atoms. The summed E-state index contributed by atoms with van der Waals surface area (Å²) in [7, 11) is -2.19. The van der Waals surface area contributed by atoms with Crippen LogP contribution in [0.2, 0.25) is 0 Å². The van der Waals surface area contributed by atoms with Gasteiger partial charge in [0.1, 0.15) is 10.6 Å². The van der Waals surface area contributed by atoms with E-state index in [2.05, 4.69) is 5.32 Å². The van der Waals surface area contributed by atoms with Crippen molar-refractivity contribution >= 4 is 27.1 Å². The predicted molar refractivity (Wildman–Crippen MR) is 71.9 cm³/mol. The molecule has 1 rings (SSSR count). The van der Waals surface area contributed by atoms with Crippen LogP contribution in [0.4, 0.5) is 0 Å². The number of carbonyl (C=O) groups is 1. The molecular formula is C10H14N2O6S2. The Morgan fingerprint density at radius 1 is 1.40 bits per heavy atom. The normalized spacial score (nSPS) is 14.6. The van der Waals surface area contributed by atoms with E-state index in [9.17, 15) is 17.4 Å². The number of para-hydroxylation sites is 1. The standard InChI is InChI=1S/C10H14N2O6S2/c1-11-9(12-19(14)15)10(13)18-7-5-3-4-6-8(7)20(2,16)17/h3-6,9,11-12H,1-2H3,(H,14,15). The van der Waals surface area contributed by atoms with Crippen molar-refractivity contribution in [2.75, 3.05) is 13.3 Å². The van der Waals surface area contributed by atoms with Gasteiger partial charge < -0.3 is 4.74 Å². The monoisotopic (exact) mass is 322 g/mol. The first-order valence-corrected chi connectivity index (χ1v) is 8.30. The van der Waals surface area contributed by atoms with Crippen LogP contribution in [0.3, 0.4) is 0 Å². The van der Waals surface area contributed by atoms with Crippen molar-refractivity contribution in [2.45, 2.75) is 11.1 Å². The zero-order chi connectivity index (χ0) is 15.3. The topological polar surface area (TPSA) is 122 Å². The summed E-state index contributed by atoms with van der Waals surface area (Å²) >= 11 is -2.43.